The van der Waals surface area contributed by atoms with Crippen molar-refractivity contribution in [1.29, 1.82) is 0 Å². The average Bonchev–Trinajstić information content (AvgIpc) is 2.27. The van der Waals surface area contributed by atoms with Crippen LogP contribution in [0.2, 0.25) is 0 Å². The molecule has 86 valence electrons. The number of carbonyl (C=O) groups excluding carboxylic acids is 2. The van der Waals surface area contributed by atoms with Crippen LogP contribution in [-0.4, -0.2) is 30.0 Å². The normalized spacial score (nSPS) is 11.8. The first-order valence-corrected chi connectivity index (χ1v) is 4.75. The fourth-order valence-corrected chi connectivity index (χ4v) is 1.13. The lowest BCUT2D eigenvalue weighted by molar-refractivity contribution is -0.117. The number of aliphatic hydroxyl groups is 1. The van der Waals surface area contributed by atoms with Gasteiger partial charge in [-0.15, -0.1) is 0 Å². The molecule has 1 rings (SSSR count). The summed E-state index contributed by atoms with van der Waals surface area (Å²) in [6.45, 7) is -0.0847. The molecule has 5 nitrogen and oxygen atoms in total. The number of amides is 1. The largest absolute Gasteiger partial charge is 0.490 e. The molecular weight excluding hydrogens is 210 g/mol. The second-order valence-corrected chi connectivity index (χ2v) is 3.30. The predicted octanol–water partition coefficient (Wildman–Crippen LogP) is -0.347. The minimum Gasteiger partial charge on any atom is -0.490 e. The quantitative estimate of drug-likeness (QED) is 0.645. The van der Waals surface area contributed by atoms with Crippen molar-refractivity contribution in [2.45, 2.75) is 12.5 Å². The van der Waals surface area contributed by atoms with Gasteiger partial charge in [0.15, 0.2) is 6.29 Å². The highest BCUT2D eigenvalue weighted by atomic mass is 16.5. The Morgan fingerprint density at radius 3 is 2.56 bits per heavy atom. The number of ether oxygens (including phenoxy) is 1. The molecule has 1 atom stereocenters. The van der Waals surface area contributed by atoms with Crippen LogP contribution < -0.4 is 10.5 Å². The van der Waals surface area contributed by atoms with Crippen molar-refractivity contribution in [3.63, 3.8) is 0 Å². The lowest BCUT2D eigenvalue weighted by Gasteiger charge is -2.07. The van der Waals surface area contributed by atoms with Gasteiger partial charge in [-0.1, -0.05) is 12.1 Å². The Labute approximate surface area is 92.8 Å². The minimum atomic E-state index is -1.12. The van der Waals surface area contributed by atoms with Gasteiger partial charge in [-0.2, -0.15) is 0 Å². The Kier molecular flexibility index (Phi) is 4.47. The number of aldehydes is 1. The molecule has 1 aromatic carbocycles. The number of benzene rings is 1. The molecule has 0 aliphatic rings. The first kappa shape index (κ1) is 12.2. The second-order valence-electron chi connectivity index (χ2n) is 3.30. The van der Waals surface area contributed by atoms with Gasteiger partial charge in [0.05, 0.1) is 6.42 Å². The Morgan fingerprint density at radius 2 is 2.06 bits per heavy atom. The van der Waals surface area contributed by atoms with Crippen molar-refractivity contribution < 1.29 is 19.4 Å². The summed E-state index contributed by atoms with van der Waals surface area (Å²) in [4.78, 5) is 20.7. The van der Waals surface area contributed by atoms with Gasteiger partial charge in [0.25, 0.3) is 0 Å². The van der Waals surface area contributed by atoms with E-state index in [9.17, 15) is 9.59 Å². The summed E-state index contributed by atoms with van der Waals surface area (Å²) < 4.78 is 5.12. The molecule has 0 aromatic heterocycles. The number of nitrogens with two attached hydrogens (primary N) is 1. The molecule has 0 heterocycles. The van der Waals surface area contributed by atoms with Crippen LogP contribution in [-0.2, 0) is 16.0 Å². The summed E-state index contributed by atoms with van der Waals surface area (Å²) in [6, 6.07) is 6.70. The fraction of sp³-hybridized carbons (Fsp3) is 0.273. The lowest BCUT2D eigenvalue weighted by Crippen LogP contribution is -2.18. The van der Waals surface area contributed by atoms with Crippen molar-refractivity contribution in [3.05, 3.63) is 29.8 Å². The number of rotatable bonds is 6. The molecule has 0 fully saturated rings. The third-order valence-corrected chi connectivity index (χ3v) is 1.88. The van der Waals surface area contributed by atoms with E-state index in [-0.39, 0.29) is 13.0 Å². The molecule has 0 aliphatic carbocycles. The van der Waals surface area contributed by atoms with Gasteiger partial charge in [-0.25, -0.2) is 0 Å². The molecule has 16 heavy (non-hydrogen) atoms. The van der Waals surface area contributed by atoms with Gasteiger partial charge in [0, 0.05) is 0 Å². The summed E-state index contributed by atoms with van der Waals surface area (Å²) in [5.74, 6) is 0.124. The molecular formula is C11H13NO4. The van der Waals surface area contributed by atoms with Crippen LogP contribution in [0.25, 0.3) is 0 Å². The monoisotopic (exact) mass is 223 g/mol. The van der Waals surface area contributed by atoms with E-state index in [0.29, 0.717) is 12.0 Å². The lowest BCUT2D eigenvalue weighted by atomic mass is 10.1. The maximum atomic E-state index is 10.6. The Hall–Kier alpha value is -1.88. The zero-order chi connectivity index (χ0) is 12.0. The SMILES string of the molecule is NC(=O)Cc1ccc(OCC(O)C=O)cc1. The van der Waals surface area contributed by atoms with Crippen LogP contribution in [0.15, 0.2) is 24.3 Å². The molecule has 0 spiro atoms. The third-order valence-electron chi connectivity index (χ3n) is 1.88. The molecule has 3 N–H and O–H groups in total. The second kappa shape index (κ2) is 5.87. The highest BCUT2D eigenvalue weighted by Crippen LogP contribution is 2.12. The molecule has 0 saturated carbocycles. The van der Waals surface area contributed by atoms with E-state index in [1.54, 1.807) is 24.3 Å². The fourth-order valence-electron chi connectivity index (χ4n) is 1.13. The number of hydrogen-bond donors (Lipinski definition) is 2. The number of carbonyl (C=O) groups is 2. The van der Waals surface area contributed by atoms with Crippen molar-refractivity contribution in [1.82, 2.24) is 0 Å². The number of primary amides is 1. The van der Waals surface area contributed by atoms with Crippen molar-refractivity contribution >= 4 is 12.2 Å². The van der Waals surface area contributed by atoms with Crippen LogP contribution in [0, 0.1) is 0 Å². The van der Waals surface area contributed by atoms with E-state index in [4.69, 9.17) is 15.6 Å². The maximum Gasteiger partial charge on any atom is 0.221 e. The highest BCUT2D eigenvalue weighted by molar-refractivity contribution is 5.76. The van der Waals surface area contributed by atoms with Gasteiger partial charge in [-0.3, -0.25) is 4.79 Å². The predicted molar refractivity (Wildman–Crippen MR) is 56.9 cm³/mol. The van der Waals surface area contributed by atoms with E-state index in [0.717, 1.165) is 5.56 Å². The van der Waals surface area contributed by atoms with E-state index >= 15 is 0 Å². The maximum absolute atomic E-state index is 10.6. The summed E-state index contributed by atoms with van der Waals surface area (Å²) in [5.41, 5.74) is 5.82. The van der Waals surface area contributed by atoms with Crippen LogP contribution in [0.3, 0.4) is 0 Å². The van der Waals surface area contributed by atoms with Crippen molar-refractivity contribution in [2.24, 2.45) is 5.73 Å². The molecule has 1 amide bonds. The zero-order valence-corrected chi connectivity index (χ0v) is 8.63. The molecule has 1 aromatic rings. The molecule has 0 bridgehead atoms. The molecule has 5 heteroatoms. The average molecular weight is 223 g/mol. The summed E-state index contributed by atoms with van der Waals surface area (Å²) in [7, 11) is 0. The standard InChI is InChI=1S/C11H13NO4/c12-11(15)5-8-1-3-10(4-2-8)16-7-9(14)6-13/h1-4,6,9,14H,5,7H2,(H2,12,15). The van der Waals surface area contributed by atoms with Crippen LogP contribution in [0.1, 0.15) is 5.56 Å². The smallest absolute Gasteiger partial charge is 0.221 e. The van der Waals surface area contributed by atoms with E-state index in [2.05, 4.69) is 0 Å². The summed E-state index contributed by atoms with van der Waals surface area (Å²) in [6.07, 6.45) is -0.538. The van der Waals surface area contributed by atoms with Gasteiger partial charge < -0.3 is 20.4 Å². The minimum absolute atomic E-state index is 0.0847. The first-order valence-electron chi connectivity index (χ1n) is 4.75. The van der Waals surface area contributed by atoms with Gasteiger partial charge in [0.1, 0.15) is 18.5 Å². The number of aliphatic hydroxyl groups excluding tert-OH is 1. The first-order chi connectivity index (χ1) is 7.61. The molecule has 0 radical (unpaired) electrons. The van der Waals surface area contributed by atoms with E-state index in [1.165, 1.54) is 0 Å². The van der Waals surface area contributed by atoms with E-state index in [1.807, 2.05) is 0 Å². The van der Waals surface area contributed by atoms with Gasteiger partial charge in [-0.05, 0) is 17.7 Å². The van der Waals surface area contributed by atoms with Crippen molar-refractivity contribution in [3.8, 4) is 5.75 Å². The van der Waals surface area contributed by atoms with E-state index < -0.39 is 12.0 Å². The van der Waals surface area contributed by atoms with Crippen LogP contribution in [0.4, 0.5) is 0 Å². The number of hydrogen-bond acceptors (Lipinski definition) is 4. The van der Waals surface area contributed by atoms with Gasteiger partial charge >= 0.3 is 0 Å². The molecule has 1 unspecified atom stereocenters. The highest BCUT2D eigenvalue weighted by Gasteiger charge is 2.03. The Morgan fingerprint density at radius 1 is 1.44 bits per heavy atom. The Bertz CT molecular complexity index is 361. The van der Waals surface area contributed by atoms with Crippen LogP contribution >= 0.6 is 0 Å². The molecule has 0 saturated heterocycles. The zero-order valence-electron chi connectivity index (χ0n) is 8.63. The summed E-state index contributed by atoms with van der Waals surface area (Å²) >= 11 is 0. The third kappa shape index (κ3) is 4.10. The topological polar surface area (TPSA) is 89.6 Å². The van der Waals surface area contributed by atoms with Crippen molar-refractivity contribution in [2.75, 3.05) is 6.61 Å². The summed E-state index contributed by atoms with van der Waals surface area (Å²) in [5, 5.41) is 8.94. The Balaban J connectivity index is 2.51. The van der Waals surface area contributed by atoms with Gasteiger partial charge in [0.2, 0.25) is 5.91 Å². The molecule has 0 aliphatic heterocycles. The van der Waals surface area contributed by atoms with Crippen LogP contribution in [0.5, 0.6) is 5.75 Å².